The molecule has 0 aliphatic heterocycles. The van der Waals surface area contributed by atoms with Crippen molar-refractivity contribution in [2.45, 2.75) is 17.7 Å². The third-order valence-corrected chi connectivity index (χ3v) is 3.80. The first-order valence-corrected chi connectivity index (χ1v) is 8.35. The van der Waals surface area contributed by atoms with Gasteiger partial charge in [0.25, 0.3) is 0 Å². The highest BCUT2D eigenvalue weighted by Gasteiger charge is 2.09. The van der Waals surface area contributed by atoms with Gasteiger partial charge in [0.05, 0.1) is 25.9 Å². The van der Waals surface area contributed by atoms with E-state index < -0.39 is 11.9 Å². The fourth-order valence-electron chi connectivity index (χ4n) is 1.25. The van der Waals surface area contributed by atoms with Gasteiger partial charge in [0.15, 0.2) is 11.6 Å². The van der Waals surface area contributed by atoms with Gasteiger partial charge in [-0.1, -0.05) is 18.2 Å². The molecule has 0 saturated carbocycles. The van der Waals surface area contributed by atoms with E-state index in [4.69, 9.17) is 11.6 Å². The second kappa shape index (κ2) is 13.6. The highest BCUT2D eigenvalue weighted by Crippen LogP contribution is 2.17. The van der Waals surface area contributed by atoms with Gasteiger partial charge in [-0.25, -0.2) is 0 Å². The summed E-state index contributed by atoms with van der Waals surface area (Å²) in [6.45, 7) is 0. The molecule has 0 spiro atoms. The Bertz CT molecular complexity index is 533. The summed E-state index contributed by atoms with van der Waals surface area (Å²) >= 11 is 6.52. The molecule has 0 N–H and O–H groups in total. The summed E-state index contributed by atoms with van der Waals surface area (Å²) in [5, 5.41) is 0. The highest BCUT2D eigenvalue weighted by molar-refractivity contribution is 8.00. The molecule has 6 nitrogen and oxygen atoms in total. The first-order chi connectivity index (χ1) is 11.4. The average Bonchev–Trinajstić information content (AvgIpc) is 2.61. The monoisotopic (exact) mass is 374 g/mol. The summed E-state index contributed by atoms with van der Waals surface area (Å²) in [6.07, 6.45) is -0.365. The molecule has 0 radical (unpaired) electrons. The second-order valence-corrected chi connectivity index (χ2v) is 5.63. The lowest BCUT2D eigenvalue weighted by Gasteiger charge is -2.00. The van der Waals surface area contributed by atoms with Crippen molar-refractivity contribution >= 4 is 46.9 Å². The zero-order chi connectivity index (χ0) is 18.4. The lowest BCUT2D eigenvalue weighted by atomic mass is 10.3. The molecule has 0 saturated heterocycles. The lowest BCUT2D eigenvalue weighted by Crippen LogP contribution is -2.10. The number of carbonyl (C=O) groups is 4. The number of Topliss-reactive ketones (excluding diaryl/α,β-unsaturated/α-hetero) is 2. The Morgan fingerprint density at radius 1 is 0.917 bits per heavy atom. The van der Waals surface area contributed by atoms with Crippen LogP contribution in [-0.4, -0.2) is 49.4 Å². The number of methoxy groups -OCH3 is 2. The Morgan fingerprint density at radius 3 is 1.88 bits per heavy atom. The van der Waals surface area contributed by atoms with Crippen LogP contribution in [0.2, 0.25) is 0 Å². The standard InChI is InChI=1S/C11H12O3S.C5H7ClO3/c1-14-11(13)7-9(12)8-15-10-5-3-2-4-6-10;1-9-5(8)2-4(7)3-6/h2-6H,7-8H2,1H3;2-3H2,1H3. The number of alkyl halides is 1. The summed E-state index contributed by atoms with van der Waals surface area (Å²) < 4.78 is 8.61. The van der Waals surface area contributed by atoms with Crippen molar-refractivity contribution in [3.63, 3.8) is 0 Å². The van der Waals surface area contributed by atoms with Crippen molar-refractivity contribution in [3.8, 4) is 0 Å². The molecule has 1 aromatic carbocycles. The highest BCUT2D eigenvalue weighted by atomic mass is 35.5. The van der Waals surface area contributed by atoms with Crippen LogP contribution in [0.3, 0.4) is 0 Å². The maximum atomic E-state index is 11.3. The van der Waals surface area contributed by atoms with E-state index in [-0.39, 0.29) is 30.3 Å². The topological polar surface area (TPSA) is 86.7 Å². The van der Waals surface area contributed by atoms with Crippen LogP contribution in [0.25, 0.3) is 0 Å². The minimum Gasteiger partial charge on any atom is -0.469 e. The number of rotatable bonds is 8. The Balaban J connectivity index is 0.000000506. The number of benzene rings is 1. The minimum atomic E-state index is -0.541. The van der Waals surface area contributed by atoms with E-state index in [9.17, 15) is 19.2 Å². The number of halogens is 1. The first kappa shape index (κ1) is 22.1. The van der Waals surface area contributed by atoms with Crippen LogP contribution in [0.15, 0.2) is 35.2 Å². The van der Waals surface area contributed by atoms with E-state index in [0.717, 1.165) is 4.90 Å². The van der Waals surface area contributed by atoms with Crippen LogP contribution < -0.4 is 0 Å². The van der Waals surface area contributed by atoms with E-state index in [1.165, 1.54) is 26.0 Å². The molecule has 24 heavy (non-hydrogen) atoms. The van der Waals surface area contributed by atoms with Crippen molar-refractivity contribution < 1.29 is 28.7 Å². The number of hydrogen-bond donors (Lipinski definition) is 0. The Hall–Kier alpha value is -1.86. The molecule has 132 valence electrons. The van der Waals surface area contributed by atoms with Gasteiger partial charge in [-0.15, -0.1) is 23.4 Å². The predicted octanol–water partition coefficient (Wildman–Crippen LogP) is 2.27. The summed E-state index contributed by atoms with van der Waals surface area (Å²) in [6, 6.07) is 9.59. The summed E-state index contributed by atoms with van der Waals surface area (Å²) in [5.41, 5.74) is 0. The van der Waals surface area contributed by atoms with Crippen molar-refractivity contribution in [2.75, 3.05) is 25.9 Å². The molecule has 8 heteroatoms. The SMILES string of the molecule is COC(=O)CC(=O)CCl.COC(=O)CC(=O)CSc1ccccc1. The number of ketones is 2. The molecular weight excluding hydrogens is 356 g/mol. The van der Waals surface area contributed by atoms with Crippen LogP contribution in [0, 0.1) is 0 Å². The van der Waals surface area contributed by atoms with Crippen LogP contribution >= 0.6 is 23.4 Å². The average molecular weight is 375 g/mol. The Kier molecular flexibility index (Phi) is 12.5. The molecule has 0 unspecified atom stereocenters. The van der Waals surface area contributed by atoms with Crippen molar-refractivity contribution in [1.29, 1.82) is 0 Å². The molecule has 0 bridgehead atoms. The van der Waals surface area contributed by atoms with Gasteiger partial charge in [0.1, 0.15) is 12.8 Å². The molecule has 1 aromatic rings. The lowest BCUT2D eigenvalue weighted by molar-refractivity contribution is -0.144. The normalized spacial score (nSPS) is 9.29. The second-order valence-electron chi connectivity index (χ2n) is 4.32. The first-order valence-electron chi connectivity index (χ1n) is 6.83. The van der Waals surface area contributed by atoms with E-state index in [1.807, 2.05) is 30.3 Å². The number of ether oxygens (including phenoxy) is 2. The zero-order valence-corrected chi connectivity index (χ0v) is 15.0. The van der Waals surface area contributed by atoms with E-state index in [2.05, 4.69) is 9.47 Å². The number of hydrogen-bond acceptors (Lipinski definition) is 7. The van der Waals surface area contributed by atoms with Gasteiger partial charge in [0.2, 0.25) is 0 Å². The molecular formula is C16H19ClO6S. The van der Waals surface area contributed by atoms with E-state index >= 15 is 0 Å². The van der Waals surface area contributed by atoms with Gasteiger partial charge in [-0.05, 0) is 12.1 Å². The van der Waals surface area contributed by atoms with Crippen molar-refractivity contribution in [3.05, 3.63) is 30.3 Å². The Labute approximate surface area is 149 Å². The Morgan fingerprint density at radius 2 is 1.42 bits per heavy atom. The van der Waals surface area contributed by atoms with Gasteiger partial charge in [-0.3, -0.25) is 19.2 Å². The molecule has 0 aromatic heterocycles. The summed E-state index contributed by atoms with van der Waals surface area (Å²) in [5.74, 6) is -1.28. The minimum absolute atomic E-state index is 0.115. The molecule has 0 heterocycles. The third-order valence-electron chi connectivity index (χ3n) is 2.43. The van der Waals surface area contributed by atoms with Crippen LogP contribution in [-0.2, 0) is 28.7 Å². The largest absolute Gasteiger partial charge is 0.469 e. The van der Waals surface area contributed by atoms with E-state index in [0.29, 0.717) is 5.75 Å². The molecule has 1 rings (SSSR count). The van der Waals surface area contributed by atoms with Crippen LogP contribution in [0.4, 0.5) is 0 Å². The van der Waals surface area contributed by atoms with E-state index in [1.54, 1.807) is 0 Å². The number of carbonyl (C=O) groups excluding carboxylic acids is 4. The summed E-state index contributed by atoms with van der Waals surface area (Å²) in [4.78, 5) is 43.7. The number of thioether (sulfide) groups is 1. The van der Waals surface area contributed by atoms with Crippen molar-refractivity contribution in [1.82, 2.24) is 0 Å². The van der Waals surface area contributed by atoms with Crippen LogP contribution in [0.1, 0.15) is 12.8 Å². The smallest absolute Gasteiger partial charge is 0.313 e. The fourth-order valence-corrected chi connectivity index (χ4v) is 2.12. The van der Waals surface area contributed by atoms with Gasteiger partial charge >= 0.3 is 11.9 Å². The van der Waals surface area contributed by atoms with Gasteiger partial charge < -0.3 is 9.47 Å². The summed E-state index contributed by atoms with van der Waals surface area (Å²) in [7, 11) is 2.50. The maximum Gasteiger partial charge on any atom is 0.313 e. The predicted molar refractivity (Wildman–Crippen MR) is 91.2 cm³/mol. The van der Waals surface area contributed by atoms with Crippen molar-refractivity contribution in [2.24, 2.45) is 0 Å². The number of esters is 2. The molecule has 0 amide bonds. The fraction of sp³-hybridized carbons (Fsp3) is 0.375. The third kappa shape index (κ3) is 11.7. The van der Waals surface area contributed by atoms with Crippen LogP contribution in [0.5, 0.6) is 0 Å². The quantitative estimate of drug-likeness (QED) is 0.298. The molecule has 0 fully saturated rings. The molecule has 0 aliphatic carbocycles. The van der Waals surface area contributed by atoms with Gasteiger partial charge in [0, 0.05) is 4.90 Å². The molecule has 0 atom stereocenters. The molecule has 0 aliphatic rings. The maximum absolute atomic E-state index is 11.3. The van der Waals surface area contributed by atoms with Gasteiger partial charge in [-0.2, -0.15) is 0 Å². The zero-order valence-electron chi connectivity index (χ0n) is 13.5.